The predicted octanol–water partition coefficient (Wildman–Crippen LogP) is 1.94. The van der Waals surface area contributed by atoms with E-state index in [0.29, 0.717) is 6.42 Å². The fourth-order valence-electron chi connectivity index (χ4n) is 3.02. The zero-order chi connectivity index (χ0) is 17.5. The molecule has 4 N–H and O–H groups in total. The number of benzene rings is 1. The molecule has 6 heteroatoms. The molecule has 0 spiro atoms. The minimum atomic E-state index is -0.551. The molecule has 1 aliphatic rings. The number of para-hydroxylation sites is 1. The Labute approximate surface area is 141 Å². The summed E-state index contributed by atoms with van der Waals surface area (Å²) < 4.78 is 0. The lowest BCUT2D eigenvalue weighted by molar-refractivity contribution is -0.134. The van der Waals surface area contributed by atoms with E-state index in [2.05, 4.69) is 27.2 Å². The van der Waals surface area contributed by atoms with Gasteiger partial charge in [-0.15, -0.1) is 0 Å². The van der Waals surface area contributed by atoms with Crippen LogP contribution in [-0.2, 0) is 16.0 Å². The molecule has 3 rings (SSSR count). The zero-order valence-corrected chi connectivity index (χ0v) is 14.5. The third kappa shape index (κ3) is 3.01. The standard InChI is InChI=1S/C18H24N4O2/c1-10-15-12(11-7-5-6-8-13(11)20-15)9-14(19-10)16(23)21-22-17(24)18(2,3)4/h5-8,10,14,19-20H,9H2,1-4H3,(H,21,23)(H,22,24). The third-order valence-electron chi connectivity index (χ3n) is 4.44. The highest BCUT2D eigenvalue weighted by molar-refractivity contribution is 5.90. The van der Waals surface area contributed by atoms with Crippen LogP contribution in [0, 0.1) is 5.41 Å². The smallest absolute Gasteiger partial charge is 0.255 e. The monoisotopic (exact) mass is 328 g/mol. The normalized spacial score (nSPS) is 20.5. The van der Waals surface area contributed by atoms with Gasteiger partial charge in [-0.1, -0.05) is 39.0 Å². The summed E-state index contributed by atoms with van der Waals surface area (Å²) in [5.74, 6) is -0.442. The van der Waals surface area contributed by atoms with Crippen molar-refractivity contribution in [1.82, 2.24) is 21.2 Å². The quantitative estimate of drug-likeness (QED) is 0.604. The molecule has 2 atom stereocenters. The number of fused-ring (bicyclic) bond motifs is 3. The van der Waals surface area contributed by atoms with Crippen LogP contribution in [0.1, 0.15) is 45.0 Å². The Morgan fingerprint density at radius 3 is 2.58 bits per heavy atom. The average Bonchev–Trinajstić information content (AvgIpc) is 2.90. The largest absolute Gasteiger partial charge is 0.357 e. The van der Waals surface area contributed by atoms with Gasteiger partial charge in [-0.3, -0.25) is 25.8 Å². The minimum Gasteiger partial charge on any atom is -0.357 e. The fourth-order valence-corrected chi connectivity index (χ4v) is 3.02. The van der Waals surface area contributed by atoms with Crippen molar-refractivity contribution in [2.45, 2.75) is 46.2 Å². The fraction of sp³-hybridized carbons (Fsp3) is 0.444. The van der Waals surface area contributed by atoms with Gasteiger partial charge in [0.1, 0.15) is 0 Å². The van der Waals surface area contributed by atoms with Crippen LogP contribution in [0.4, 0.5) is 0 Å². The van der Waals surface area contributed by atoms with E-state index in [1.807, 2.05) is 25.1 Å². The highest BCUT2D eigenvalue weighted by Gasteiger charge is 2.31. The molecule has 128 valence electrons. The second-order valence-electron chi connectivity index (χ2n) is 7.40. The predicted molar refractivity (Wildman–Crippen MR) is 93.1 cm³/mol. The Bertz CT molecular complexity index is 788. The number of carbonyl (C=O) groups is 2. The van der Waals surface area contributed by atoms with Gasteiger partial charge < -0.3 is 4.98 Å². The molecule has 6 nitrogen and oxygen atoms in total. The molecule has 0 radical (unpaired) electrons. The van der Waals surface area contributed by atoms with Crippen LogP contribution in [0.15, 0.2) is 24.3 Å². The van der Waals surface area contributed by atoms with Gasteiger partial charge >= 0.3 is 0 Å². The summed E-state index contributed by atoms with van der Waals surface area (Å²) in [6, 6.07) is 7.76. The molecule has 0 saturated heterocycles. The maximum Gasteiger partial charge on any atom is 0.255 e. The maximum atomic E-state index is 12.4. The van der Waals surface area contributed by atoms with E-state index in [0.717, 1.165) is 16.6 Å². The van der Waals surface area contributed by atoms with E-state index in [-0.39, 0.29) is 23.9 Å². The van der Waals surface area contributed by atoms with Gasteiger partial charge in [0.05, 0.1) is 6.04 Å². The van der Waals surface area contributed by atoms with Crippen molar-refractivity contribution in [2.24, 2.45) is 5.41 Å². The number of aromatic nitrogens is 1. The highest BCUT2D eigenvalue weighted by atomic mass is 16.2. The van der Waals surface area contributed by atoms with Gasteiger partial charge in [-0.2, -0.15) is 0 Å². The highest BCUT2D eigenvalue weighted by Crippen LogP contribution is 2.31. The lowest BCUT2D eigenvalue weighted by Crippen LogP contribution is -2.55. The van der Waals surface area contributed by atoms with Crippen molar-refractivity contribution < 1.29 is 9.59 Å². The number of rotatable bonds is 1. The number of H-pyrrole nitrogens is 1. The first-order valence-corrected chi connectivity index (χ1v) is 8.23. The average molecular weight is 328 g/mol. The van der Waals surface area contributed by atoms with Gasteiger partial charge in [-0.05, 0) is 25.0 Å². The van der Waals surface area contributed by atoms with Gasteiger partial charge in [0, 0.05) is 28.1 Å². The van der Waals surface area contributed by atoms with E-state index in [9.17, 15) is 9.59 Å². The van der Waals surface area contributed by atoms with E-state index in [4.69, 9.17) is 0 Å². The Morgan fingerprint density at radius 1 is 1.17 bits per heavy atom. The summed E-state index contributed by atoms with van der Waals surface area (Å²) in [7, 11) is 0. The molecule has 0 aliphatic carbocycles. The minimum absolute atomic E-state index is 0.0372. The molecular weight excluding hydrogens is 304 g/mol. The number of nitrogens with one attached hydrogen (secondary N) is 4. The van der Waals surface area contributed by atoms with Crippen molar-refractivity contribution in [3.63, 3.8) is 0 Å². The van der Waals surface area contributed by atoms with Gasteiger partial charge in [0.2, 0.25) is 5.91 Å². The lowest BCUT2D eigenvalue weighted by atomic mass is 9.94. The first-order chi connectivity index (χ1) is 11.3. The molecule has 0 bridgehead atoms. The van der Waals surface area contributed by atoms with Crippen LogP contribution in [0.3, 0.4) is 0 Å². The van der Waals surface area contributed by atoms with Crippen LogP contribution in [0.5, 0.6) is 0 Å². The van der Waals surface area contributed by atoms with E-state index in [1.165, 1.54) is 5.56 Å². The summed E-state index contributed by atoms with van der Waals surface area (Å²) in [6.45, 7) is 7.43. The maximum absolute atomic E-state index is 12.4. The molecule has 2 unspecified atom stereocenters. The van der Waals surface area contributed by atoms with E-state index >= 15 is 0 Å². The molecule has 0 saturated carbocycles. The van der Waals surface area contributed by atoms with Crippen LogP contribution >= 0.6 is 0 Å². The summed E-state index contributed by atoms with van der Waals surface area (Å²) in [5.41, 5.74) is 7.86. The van der Waals surface area contributed by atoms with Gasteiger partial charge in [0.15, 0.2) is 0 Å². The van der Waals surface area contributed by atoms with Crippen LogP contribution in [-0.4, -0.2) is 22.8 Å². The Kier molecular flexibility index (Phi) is 4.09. The second kappa shape index (κ2) is 5.94. The molecule has 1 aromatic heterocycles. The molecule has 24 heavy (non-hydrogen) atoms. The summed E-state index contributed by atoms with van der Waals surface area (Å²) in [4.78, 5) is 27.8. The number of hydrogen-bond acceptors (Lipinski definition) is 3. The van der Waals surface area contributed by atoms with Crippen LogP contribution in [0.2, 0.25) is 0 Å². The van der Waals surface area contributed by atoms with Crippen molar-refractivity contribution in [1.29, 1.82) is 0 Å². The Hall–Kier alpha value is -2.34. The third-order valence-corrected chi connectivity index (χ3v) is 4.44. The summed E-state index contributed by atoms with van der Waals surface area (Å²) in [5, 5.41) is 4.45. The number of hydrogen-bond donors (Lipinski definition) is 4. The van der Waals surface area contributed by atoms with Crippen LogP contribution in [0.25, 0.3) is 10.9 Å². The molecule has 1 aliphatic heterocycles. The topological polar surface area (TPSA) is 86.0 Å². The van der Waals surface area contributed by atoms with Crippen molar-refractivity contribution >= 4 is 22.7 Å². The zero-order valence-electron chi connectivity index (χ0n) is 14.5. The number of carbonyl (C=O) groups excluding carboxylic acids is 2. The number of aromatic amines is 1. The molecule has 2 heterocycles. The van der Waals surface area contributed by atoms with E-state index < -0.39 is 5.41 Å². The summed E-state index contributed by atoms with van der Waals surface area (Å²) >= 11 is 0. The molecule has 2 amide bonds. The first kappa shape index (κ1) is 16.5. The summed E-state index contributed by atoms with van der Waals surface area (Å²) in [6.07, 6.45) is 0.584. The van der Waals surface area contributed by atoms with E-state index in [1.54, 1.807) is 20.8 Å². The molecule has 1 aromatic carbocycles. The SMILES string of the molecule is CC1NC(C(=O)NNC(=O)C(C)(C)C)Cc2c1[nH]c1ccccc21. The van der Waals surface area contributed by atoms with Crippen molar-refractivity contribution in [2.75, 3.05) is 0 Å². The lowest BCUT2D eigenvalue weighted by Gasteiger charge is -2.29. The first-order valence-electron chi connectivity index (χ1n) is 8.23. The van der Waals surface area contributed by atoms with Crippen molar-refractivity contribution in [3.8, 4) is 0 Å². The van der Waals surface area contributed by atoms with Gasteiger partial charge in [-0.25, -0.2) is 0 Å². The number of amides is 2. The molecular formula is C18H24N4O2. The molecule has 2 aromatic rings. The number of hydrazine groups is 1. The molecule has 0 fully saturated rings. The van der Waals surface area contributed by atoms with Gasteiger partial charge in [0.25, 0.3) is 5.91 Å². The Balaban J connectivity index is 1.75. The second-order valence-corrected chi connectivity index (χ2v) is 7.40. The Morgan fingerprint density at radius 2 is 1.88 bits per heavy atom. The van der Waals surface area contributed by atoms with Crippen molar-refractivity contribution in [3.05, 3.63) is 35.5 Å². The van der Waals surface area contributed by atoms with Crippen LogP contribution < -0.4 is 16.2 Å².